The van der Waals surface area contributed by atoms with Crippen LogP contribution in [0.1, 0.15) is 52.4 Å². The fraction of sp³-hybridized carbons (Fsp3) is 0.842. The van der Waals surface area contributed by atoms with E-state index >= 15 is 0 Å². The average molecular weight is 447 g/mol. The lowest BCUT2D eigenvalue weighted by atomic mass is 9.72. The molecule has 0 spiro atoms. The van der Waals surface area contributed by atoms with E-state index in [-0.39, 0.29) is 18.8 Å². The third kappa shape index (κ3) is 4.62. The first-order chi connectivity index (χ1) is 13.9. The van der Waals surface area contributed by atoms with Gasteiger partial charge in [0.25, 0.3) is 0 Å². The SMILES string of the molecule is CC[C@H](C)S(=O)(=O)NC[C@](CCC1CCNCC1)(C(=O)O)C1CC1(C(N)=O)C(N)=O. The Balaban J connectivity index is 2.35. The minimum absolute atomic E-state index is 0.0821. The first-order valence-electron chi connectivity index (χ1n) is 10.5. The molecule has 10 nitrogen and oxygen atoms in total. The number of carboxylic acids is 1. The molecule has 2 fully saturated rings. The van der Waals surface area contributed by atoms with Gasteiger partial charge in [0, 0.05) is 12.5 Å². The van der Waals surface area contributed by atoms with Gasteiger partial charge in [-0.3, -0.25) is 14.4 Å². The number of carbonyl (C=O) groups excluding carboxylic acids is 2. The van der Waals surface area contributed by atoms with Crippen LogP contribution in [0.2, 0.25) is 0 Å². The van der Waals surface area contributed by atoms with E-state index in [1.54, 1.807) is 6.92 Å². The second-order valence-electron chi connectivity index (χ2n) is 8.73. The van der Waals surface area contributed by atoms with Gasteiger partial charge in [0.1, 0.15) is 5.41 Å². The number of piperidine rings is 1. The number of hydrogen-bond donors (Lipinski definition) is 5. The number of primary amides is 2. The van der Waals surface area contributed by atoms with E-state index < -0.39 is 56.3 Å². The highest BCUT2D eigenvalue weighted by Crippen LogP contribution is 2.62. The molecule has 2 rings (SSSR count). The quantitative estimate of drug-likeness (QED) is 0.251. The van der Waals surface area contributed by atoms with Crippen molar-refractivity contribution in [3.05, 3.63) is 0 Å². The van der Waals surface area contributed by atoms with Crippen LogP contribution in [0, 0.1) is 22.7 Å². The third-order valence-electron chi connectivity index (χ3n) is 7.08. The number of nitrogens with one attached hydrogen (secondary N) is 2. The largest absolute Gasteiger partial charge is 0.481 e. The van der Waals surface area contributed by atoms with Crippen molar-refractivity contribution in [1.82, 2.24) is 10.0 Å². The fourth-order valence-corrected chi connectivity index (χ4v) is 5.72. The monoisotopic (exact) mass is 446 g/mol. The maximum Gasteiger partial charge on any atom is 0.311 e. The summed E-state index contributed by atoms with van der Waals surface area (Å²) >= 11 is 0. The lowest BCUT2D eigenvalue weighted by Crippen LogP contribution is -2.50. The third-order valence-corrected chi connectivity index (χ3v) is 9.02. The van der Waals surface area contributed by atoms with Crippen molar-refractivity contribution in [2.45, 2.75) is 57.6 Å². The van der Waals surface area contributed by atoms with Gasteiger partial charge in [-0.25, -0.2) is 13.1 Å². The maximum atomic E-state index is 12.5. The molecule has 2 aliphatic rings. The average Bonchev–Trinajstić information content (AvgIpc) is 3.46. The van der Waals surface area contributed by atoms with E-state index in [1.165, 1.54) is 6.92 Å². The van der Waals surface area contributed by atoms with E-state index in [9.17, 15) is 27.9 Å². The van der Waals surface area contributed by atoms with Gasteiger partial charge >= 0.3 is 5.97 Å². The molecule has 30 heavy (non-hydrogen) atoms. The van der Waals surface area contributed by atoms with Crippen molar-refractivity contribution in [3.8, 4) is 0 Å². The molecule has 2 amide bonds. The molecule has 0 aromatic rings. The predicted octanol–water partition coefficient (Wildman–Crippen LogP) is -0.468. The van der Waals surface area contributed by atoms with Crippen LogP contribution in [-0.2, 0) is 24.4 Å². The molecule has 1 saturated heterocycles. The fourth-order valence-electron chi connectivity index (χ4n) is 4.54. The summed E-state index contributed by atoms with van der Waals surface area (Å²) in [6.07, 6.45) is 2.72. The first kappa shape index (κ1) is 24.5. The minimum Gasteiger partial charge on any atom is -0.481 e. The molecule has 0 aromatic carbocycles. The summed E-state index contributed by atoms with van der Waals surface area (Å²) < 4.78 is 27.5. The molecule has 1 saturated carbocycles. The topological polar surface area (TPSA) is 182 Å². The van der Waals surface area contributed by atoms with E-state index in [4.69, 9.17) is 11.5 Å². The molecular formula is C19H34N4O6S. The van der Waals surface area contributed by atoms with Crippen LogP contribution in [-0.4, -0.2) is 56.2 Å². The van der Waals surface area contributed by atoms with Crippen molar-refractivity contribution in [1.29, 1.82) is 0 Å². The van der Waals surface area contributed by atoms with Crippen LogP contribution in [0.4, 0.5) is 0 Å². The summed E-state index contributed by atoms with van der Waals surface area (Å²) in [6, 6.07) is 0. The molecule has 11 heteroatoms. The first-order valence-corrected chi connectivity index (χ1v) is 12.0. The molecule has 172 valence electrons. The number of sulfonamides is 1. The van der Waals surface area contributed by atoms with E-state index in [0.29, 0.717) is 12.8 Å². The Hall–Kier alpha value is -1.72. The van der Waals surface area contributed by atoms with Gasteiger partial charge in [-0.1, -0.05) is 6.92 Å². The Kier molecular flexibility index (Phi) is 7.52. The van der Waals surface area contributed by atoms with Crippen molar-refractivity contribution in [2.24, 2.45) is 34.1 Å². The van der Waals surface area contributed by atoms with Crippen molar-refractivity contribution < 1.29 is 27.9 Å². The molecule has 0 radical (unpaired) electrons. The normalized spacial score (nSPS) is 24.5. The zero-order chi connectivity index (χ0) is 22.7. The zero-order valence-corrected chi connectivity index (χ0v) is 18.5. The summed E-state index contributed by atoms with van der Waals surface area (Å²) in [5.74, 6) is -3.84. The van der Waals surface area contributed by atoms with Crippen LogP contribution in [0.5, 0.6) is 0 Å². The summed E-state index contributed by atoms with van der Waals surface area (Å²) in [4.78, 5) is 36.6. The van der Waals surface area contributed by atoms with Crippen LogP contribution in [0.3, 0.4) is 0 Å². The van der Waals surface area contributed by atoms with E-state index in [0.717, 1.165) is 25.9 Å². The minimum atomic E-state index is -3.76. The molecular weight excluding hydrogens is 412 g/mol. The Bertz CT molecular complexity index is 766. The molecule has 0 aromatic heterocycles. The van der Waals surface area contributed by atoms with E-state index in [1.807, 2.05) is 0 Å². The van der Waals surface area contributed by atoms with Gasteiger partial charge in [-0.15, -0.1) is 0 Å². The van der Waals surface area contributed by atoms with Crippen molar-refractivity contribution in [2.75, 3.05) is 19.6 Å². The molecule has 1 heterocycles. The summed E-state index contributed by atoms with van der Waals surface area (Å²) in [7, 11) is -3.76. The zero-order valence-electron chi connectivity index (χ0n) is 17.6. The molecule has 3 atom stereocenters. The highest BCUT2D eigenvalue weighted by molar-refractivity contribution is 7.90. The van der Waals surface area contributed by atoms with Crippen LogP contribution in [0.15, 0.2) is 0 Å². The van der Waals surface area contributed by atoms with Gasteiger partial charge < -0.3 is 21.9 Å². The van der Waals surface area contributed by atoms with Gasteiger partial charge in [0.2, 0.25) is 21.8 Å². The lowest BCUT2D eigenvalue weighted by molar-refractivity contribution is -0.152. The Labute approximate surface area is 177 Å². The number of hydrogen-bond acceptors (Lipinski definition) is 6. The number of nitrogens with two attached hydrogens (primary N) is 2. The molecule has 0 bridgehead atoms. The second kappa shape index (κ2) is 9.19. The highest BCUT2D eigenvalue weighted by atomic mass is 32.2. The Morgan fingerprint density at radius 3 is 2.23 bits per heavy atom. The second-order valence-corrected chi connectivity index (χ2v) is 10.9. The predicted molar refractivity (Wildman–Crippen MR) is 111 cm³/mol. The Morgan fingerprint density at radius 1 is 1.23 bits per heavy atom. The van der Waals surface area contributed by atoms with E-state index in [2.05, 4.69) is 10.0 Å². The van der Waals surface area contributed by atoms with Gasteiger partial charge in [0.15, 0.2) is 0 Å². The summed E-state index contributed by atoms with van der Waals surface area (Å²) in [6.45, 7) is 4.52. The smallest absolute Gasteiger partial charge is 0.311 e. The molecule has 1 unspecified atom stereocenters. The van der Waals surface area contributed by atoms with Gasteiger partial charge in [-0.2, -0.15) is 0 Å². The summed E-state index contributed by atoms with van der Waals surface area (Å²) in [5, 5.41) is 12.7. The van der Waals surface area contributed by atoms with Crippen molar-refractivity contribution in [3.63, 3.8) is 0 Å². The molecule has 1 aliphatic heterocycles. The van der Waals surface area contributed by atoms with Crippen LogP contribution >= 0.6 is 0 Å². The van der Waals surface area contributed by atoms with Crippen LogP contribution < -0.4 is 21.5 Å². The number of carboxylic acid groups (broad SMARTS) is 1. The van der Waals surface area contributed by atoms with Crippen LogP contribution in [0.25, 0.3) is 0 Å². The van der Waals surface area contributed by atoms with Crippen molar-refractivity contribution >= 4 is 27.8 Å². The molecule has 1 aliphatic carbocycles. The summed E-state index contributed by atoms with van der Waals surface area (Å²) in [5.41, 5.74) is 7.46. The van der Waals surface area contributed by atoms with Gasteiger partial charge in [-0.05, 0) is 64.5 Å². The number of carbonyl (C=O) groups is 3. The number of rotatable bonds is 12. The standard InChI is InChI=1S/C19H34N4O6S/c1-3-12(2)30(28,29)23-11-18(17(26)27,7-4-13-5-8-22-9-6-13)14-10-19(14,15(20)24)16(21)25/h12-14,22-23H,3-11H2,1-2H3,(H2,20,24)(H2,21,25)(H,26,27)/t12-,14?,18-/m0/s1. The number of amides is 2. The lowest BCUT2D eigenvalue weighted by Gasteiger charge is -2.34. The maximum absolute atomic E-state index is 12.5. The van der Waals surface area contributed by atoms with Gasteiger partial charge in [0.05, 0.1) is 10.7 Å². The number of aliphatic carboxylic acids is 1. The molecule has 7 N–H and O–H groups in total. The highest BCUT2D eigenvalue weighted by Gasteiger charge is 2.72. The Morgan fingerprint density at radius 2 is 1.80 bits per heavy atom.